The Bertz CT molecular complexity index is 664. The first kappa shape index (κ1) is 24.7. The van der Waals surface area contributed by atoms with Crippen molar-refractivity contribution in [2.45, 2.75) is 79.1 Å². The number of benzene rings is 1. The van der Waals surface area contributed by atoms with Crippen LogP contribution in [-0.4, -0.2) is 29.5 Å². The zero-order valence-electron chi connectivity index (χ0n) is 18.5. The number of Topliss-reactive ketones (excluding diaryl/α,β-unsaturated/α-hetero) is 1. The molecule has 0 aliphatic carbocycles. The molecular weight excluding hydrogens is 370 g/mol. The van der Waals surface area contributed by atoms with Gasteiger partial charge in [0.25, 0.3) is 0 Å². The lowest BCUT2D eigenvalue weighted by Crippen LogP contribution is -2.49. The number of esters is 1. The van der Waals surface area contributed by atoms with E-state index < -0.39 is 29.6 Å². The normalized spacial score (nSPS) is 13.5. The number of carbonyl (C=O) groups is 3. The van der Waals surface area contributed by atoms with Gasteiger partial charge in [0.2, 0.25) is 0 Å². The highest BCUT2D eigenvalue weighted by Crippen LogP contribution is 2.19. The van der Waals surface area contributed by atoms with E-state index in [9.17, 15) is 14.4 Å². The predicted molar refractivity (Wildman–Crippen MR) is 112 cm³/mol. The number of hydrogen-bond acceptors (Lipinski definition) is 5. The highest BCUT2D eigenvalue weighted by atomic mass is 16.6. The molecule has 0 radical (unpaired) electrons. The molecule has 1 aromatic rings. The summed E-state index contributed by atoms with van der Waals surface area (Å²) in [7, 11) is 0. The van der Waals surface area contributed by atoms with Crippen LogP contribution in [0.3, 0.4) is 0 Å². The smallest absolute Gasteiger partial charge is 0.408 e. The van der Waals surface area contributed by atoms with Gasteiger partial charge in [0.05, 0.1) is 6.04 Å². The van der Waals surface area contributed by atoms with E-state index in [1.807, 2.05) is 51.1 Å². The molecule has 1 N–H and O–H groups in total. The van der Waals surface area contributed by atoms with Crippen molar-refractivity contribution < 1.29 is 23.9 Å². The zero-order chi connectivity index (χ0) is 22.0. The van der Waals surface area contributed by atoms with Crippen LogP contribution in [0.15, 0.2) is 30.3 Å². The Balaban J connectivity index is 2.89. The van der Waals surface area contributed by atoms with Gasteiger partial charge in [-0.15, -0.1) is 0 Å². The van der Waals surface area contributed by atoms with Gasteiger partial charge in [-0.2, -0.15) is 0 Å². The van der Waals surface area contributed by atoms with Crippen LogP contribution in [-0.2, 0) is 25.7 Å². The molecule has 6 nitrogen and oxygen atoms in total. The van der Waals surface area contributed by atoms with Gasteiger partial charge in [0.1, 0.15) is 18.1 Å². The van der Waals surface area contributed by atoms with Crippen molar-refractivity contribution in [2.75, 3.05) is 0 Å². The molecule has 2 atom stereocenters. The fourth-order valence-electron chi connectivity index (χ4n) is 2.83. The van der Waals surface area contributed by atoms with Crippen LogP contribution in [0.25, 0.3) is 0 Å². The first-order chi connectivity index (χ1) is 13.5. The second-order valence-electron chi connectivity index (χ2n) is 8.56. The maximum atomic E-state index is 13.2. The number of ketones is 1. The van der Waals surface area contributed by atoms with Gasteiger partial charge in [-0.1, -0.05) is 63.9 Å². The van der Waals surface area contributed by atoms with Crippen molar-refractivity contribution >= 4 is 17.8 Å². The molecule has 29 heavy (non-hydrogen) atoms. The monoisotopic (exact) mass is 405 g/mol. The number of amides is 1. The lowest BCUT2D eigenvalue weighted by atomic mass is 9.88. The number of hydrogen-bond donors (Lipinski definition) is 1. The average molecular weight is 406 g/mol. The molecule has 1 amide bonds. The third kappa shape index (κ3) is 9.11. The Morgan fingerprint density at radius 2 is 1.69 bits per heavy atom. The molecule has 1 aromatic carbocycles. The Hall–Kier alpha value is -2.37. The molecule has 6 heteroatoms. The lowest BCUT2D eigenvalue weighted by molar-refractivity contribution is -0.154. The molecule has 0 heterocycles. The molecule has 0 aliphatic heterocycles. The van der Waals surface area contributed by atoms with Crippen molar-refractivity contribution in [2.24, 2.45) is 11.8 Å². The molecule has 0 bridgehead atoms. The Morgan fingerprint density at radius 1 is 1.07 bits per heavy atom. The predicted octanol–water partition coefficient (Wildman–Crippen LogP) is 4.65. The quantitative estimate of drug-likeness (QED) is 0.452. The van der Waals surface area contributed by atoms with E-state index >= 15 is 0 Å². The number of rotatable bonds is 10. The van der Waals surface area contributed by atoms with Crippen LogP contribution >= 0.6 is 0 Å². The zero-order valence-corrected chi connectivity index (χ0v) is 18.5. The summed E-state index contributed by atoms with van der Waals surface area (Å²) >= 11 is 0. The summed E-state index contributed by atoms with van der Waals surface area (Å²) in [6.45, 7) is 11.0. The largest absolute Gasteiger partial charge is 0.460 e. The molecule has 0 aromatic heterocycles. The molecule has 0 aliphatic rings. The van der Waals surface area contributed by atoms with E-state index in [4.69, 9.17) is 9.47 Å². The minimum absolute atomic E-state index is 0.113. The molecule has 2 unspecified atom stereocenters. The third-order valence-corrected chi connectivity index (χ3v) is 4.34. The highest BCUT2D eigenvalue weighted by molar-refractivity contribution is 6.02. The van der Waals surface area contributed by atoms with Crippen molar-refractivity contribution in [1.82, 2.24) is 5.32 Å². The minimum atomic E-state index is -0.916. The van der Waals surface area contributed by atoms with Crippen LogP contribution in [0.2, 0.25) is 0 Å². The number of nitrogens with one attached hydrogen (secondary N) is 1. The van der Waals surface area contributed by atoms with E-state index in [2.05, 4.69) is 5.32 Å². The summed E-state index contributed by atoms with van der Waals surface area (Å²) in [6.07, 6.45) is 1.29. The Labute approximate surface area is 174 Å². The SMILES string of the molecule is CCCCC(C(=O)OCc1ccccc1)C(=O)C(NC(=O)OC(C)(C)C)C(C)C. The number of ether oxygens (including phenoxy) is 2. The maximum Gasteiger partial charge on any atom is 0.408 e. The van der Waals surface area contributed by atoms with Crippen molar-refractivity contribution in [3.05, 3.63) is 35.9 Å². The summed E-state index contributed by atoms with van der Waals surface area (Å²) in [4.78, 5) is 38.1. The summed E-state index contributed by atoms with van der Waals surface area (Å²) in [5.41, 5.74) is 0.181. The molecular formula is C23H35NO5. The Kier molecular flexibility index (Phi) is 9.86. The van der Waals surface area contributed by atoms with Crippen molar-refractivity contribution in [1.29, 1.82) is 0 Å². The van der Waals surface area contributed by atoms with Crippen LogP contribution in [0, 0.1) is 11.8 Å². The number of carbonyl (C=O) groups excluding carboxylic acids is 3. The minimum Gasteiger partial charge on any atom is -0.460 e. The van der Waals surface area contributed by atoms with E-state index in [0.717, 1.165) is 12.0 Å². The molecule has 162 valence electrons. The van der Waals surface area contributed by atoms with E-state index in [-0.39, 0.29) is 18.3 Å². The summed E-state index contributed by atoms with van der Waals surface area (Å²) < 4.78 is 10.7. The topological polar surface area (TPSA) is 81.7 Å². The van der Waals surface area contributed by atoms with Gasteiger partial charge in [-0.05, 0) is 38.7 Å². The Morgan fingerprint density at radius 3 is 2.21 bits per heavy atom. The number of unbranched alkanes of at least 4 members (excludes halogenated alkanes) is 1. The van der Waals surface area contributed by atoms with Gasteiger partial charge in [0, 0.05) is 0 Å². The second kappa shape index (κ2) is 11.6. The summed E-state index contributed by atoms with van der Waals surface area (Å²) in [6, 6.07) is 8.50. The van der Waals surface area contributed by atoms with Gasteiger partial charge < -0.3 is 14.8 Å². The van der Waals surface area contributed by atoms with Crippen LogP contribution < -0.4 is 5.32 Å². The lowest BCUT2D eigenvalue weighted by Gasteiger charge is -2.27. The fraction of sp³-hybridized carbons (Fsp3) is 0.609. The summed E-state index contributed by atoms with van der Waals surface area (Å²) in [5, 5.41) is 2.64. The molecule has 0 spiro atoms. The van der Waals surface area contributed by atoms with Crippen LogP contribution in [0.4, 0.5) is 4.79 Å². The average Bonchev–Trinajstić information content (AvgIpc) is 2.63. The standard InChI is InChI=1S/C23H35NO5/c1-7-8-14-18(21(26)28-15-17-12-10-9-11-13-17)20(25)19(16(2)3)24-22(27)29-23(4,5)6/h9-13,16,18-19H,7-8,14-15H2,1-6H3,(H,24,27). The third-order valence-electron chi connectivity index (χ3n) is 4.34. The van der Waals surface area contributed by atoms with Crippen molar-refractivity contribution in [3.63, 3.8) is 0 Å². The van der Waals surface area contributed by atoms with E-state index in [0.29, 0.717) is 12.8 Å². The van der Waals surface area contributed by atoms with Gasteiger partial charge in [-0.3, -0.25) is 9.59 Å². The molecule has 0 saturated carbocycles. The van der Waals surface area contributed by atoms with Gasteiger partial charge in [-0.25, -0.2) is 4.79 Å². The van der Waals surface area contributed by atoms with E-state index in [1.54, 1.807) is 20.8 Å². The van der Waals surface area contributed by atoms with Crippen LogP contribution in [0.1, 0.15) is 66.4 Å². The first-order valence-corrected chi connectivity index (χ1v) is 10.3. The maximum absolute atomic E-state index is 13.2. The van der Waals surface area contributed by atoms with Gasteiger partial charge >= 0.3 is 12.1 Å². The highest BCUT2D eigenvalue weighted by Gasteiger charge is 2.36. The molecule has 0 saturated heterocycles. The molecule has 0 fully saturated rings. The molecule has 1 rings (SSSR count). The number of alkyl carbamates (subject to hydrolysis) is 1. The second-order valence-corrected chi connectivity index (χ2v) is 8.56. The van der Waals surface area contributed by atoms with E-state index in [1.165, 1.54) is 0 Å². The van der Waals surface area contributed by atoms with Crippen LogP contribution in [0.5, 0.6) is 0 Å². The fourth-order valence-corrected chi connectivity index (χ4v) is 2.83. The van der Waals surface area contributed by atoms with Crippen molar-refractivity contribution in [3.8, 4) is 0 Å². The first-order valence-electron chi connectivity index (χ1n) is 10.3. The summed E-state index contributed by atoms with van der Waals surface area (Å²) in [5.74, 6) is -2.00. The van der Waals surface area contributed by atoms with Gasteiger partial charge in [0.15, 0.2) is 5.78 Å².